The van der Waals surface area contributed by atoms with E-state index < -0.39 is 5.69 Å². The summed E-state index contributed by atoms with van der Waals surface area (Å²) in [5, 5.41) is 2.76. The molecule has 4 aromatic rings. The number of hydrogen-bond donors (Lipinski definition) is 0. The average Bonchev–Trinajstić information content (AvgIpc) is 3.32. The topological polar surface area (TPSA) is 83.9 Å². The zero-order chi connectivity index (χ0) is 20.0. The van der Waals surface area contributed by atoms with Crippen LogP contribution in [0.5, 0.6) is 5.75 Å². The summed E-state index contributed by atoms with van der Waals surface area (Å²) in [4.78, 5) is 33.6. The molecule has 8 nitrogen and oxygen atoms in total. The van der Waals surface area contributed by atoms with Gasteiger partial charge in [0.25, 0.3) is 5.56 Å². The summed E-state index contributed by atoms with van der Waals surface area (Å²) in [6.45, 7) is 0.372. The molecule has 3 aromatic heterocycles. The first-order valence-corrected chi connectivity index (χ1v) is 9.97. The predicted octanol–water partition coefficient (Wildman–Crippen LogP) is 2.38. The van der Waals surface area contributed by atoms with E-state index in [1.165, 1.54) is 23.0 Å². The first-order chi connectivity index (χ1) is 13.4. The maximum atomic E-state index is 12.6. The molecule has 0 saturated carbocycles. The zero-order valence-electron chi connectivity index (χ0n) is 15.3. The number of ether oxygens (including phenoxy) is 1. The molecule has 10 heteroatoms. The fourth-order valence-electron chi connectivity index (χ4n) is 3.04. The van der Waals surface area contributed by atoms with Crippen LogP contribution in [0.2, 0.25) is 0 Å². The van der Waals surface area contributed by atoms with Crippen LogP contribution in [0, 0.1) is 0 Å². The molecule has 0 N–H and O–H groups in total. The van der Waals surface area contributed by atoms with Crippen molar-refractivity contribution in [2.24, 2.45) is 14.1 Å². The Hall–Kier alpha value is -2.72. The largest absolute Gasteiger partial charge is 0.496 e. The van der Waals surface area contributed by atoms with E-state index in [-0.39, 0.29) is 5.56 Å². The van der Waals surface area contributed by atoms with E-state index in [0.29, 0.717) is 17.7 Å². The van der Waals surface area contributed by atoms with Gasteiger partial charge < -0.3 is 9.30 Å². The van der Waals surface area contributed by atoms with E-state index in [9.17, 15) is 9.59 Å². The molecule has 0 amide bonds. The summed E-state index contributed by atoms with van der Waals surface area (Å²) < 4.78 is 10.5. The van der Waals surface area contributed by atoms with Crippen LogP contribution in [0.15, 0.2) is 44.0 Å². The van der Waals surface area contributed by atoms with Gasteiger partial charge >= 0.3 is 5.69 Å². The molecule has 0 aliphatic carbocycles. The summed E-state index contributed by atoms with van der Waals surface area (Å²) in [6.07, 6.45) is 1.56. The average molecular weight is 462 g/mol. The molecule has 28 heavy (non-hydrogen) atoms. The number of aryl methyl sites for hydroxylation is 1. The van der Waals surface area contributed by atoms with Crippen LogP contribution in [0.25, 0.3) is 21.7 Å². The Kier molecular flexibility index (Phi) is 4.68. The Morgan fingerprint density at radius 1 is 1.21 bits per heavy atom. The van der Waals surface area contributed by atoms with E-state index in [2.05, 4.69) is 20.9 Å². The van der Waals surface area contributed by atoms with Crippen LogP contribution in [-0.2, 0) is 20.6 Å². The van der Waals surface area contributed by atoms with Crippen molar-refractivity contribution >= 4 is 38.4 Å². The van der Waals surface area contributed by atoms with Gasteiger partial charge in [-0.05, 0) is 18.2 Å². The number of fused-ring (bicyclic) bond motifs is 1. The van der Waals surface area contributed by atoms with Gasteiger partial charge in [-0.15, -0.1) is 11.3 Å². The third-order valence-electron chi connectivity index (χ3n) is 4.49. The second-order valence-electron chi connectivity index (χ2n) is 6.24. The smallest absolute Gasteiger partial charge is 0.332 e. The Morgan fingerprint density at radius 2 is 2.00 bits per heavy atom. The molecule has 0 aliphatic rings. The highest BCUT2D eigenvalue weighted by Gasteiger charge is 2.16. The Balaban J connectivity index is 1.76. The van der Waals surface area contributed by atoms with Crippen LogP contribution >= 0.6 is 27.3 Å². The number of thiazole rings is 1. The number of aromatic nitrogens is 5. The van der Waals surface area contributed by atoms with Crippen molar-refractivity contribution in [1.29, 1.82) is 0 Å². The highest BCUT2D eigenvalue weighted by atomic mass is 79.9. The molecule has 0 saturated heterocycles. The lowest BCUT2D eigenvalue weighted by atomic mass is 10.2. The van der Waals surface area contributed by atoms with Gasteiger partial charge in [0.05, 0.1) is 31.2 Å². The van der Waals surface area contributed by atoms with Crippen LogP contribution in [0.3, 0.4) is 0 Å². The van der Waals surface area contributed by atoms with Crippen LogP contribution in [0.1, 0.15) is 5.69 Å². The van der Waals surface area contributed by atoms with Gasteiger partial charge in [0, 0.05) is 23.9 Å². The molecule has 1 aromatic carbocycles. The summed E-state index contributed by atoms with van der Waals surface area (Å²) >= 11 is 4.97. The zero-order valence-corrected chi connectivity index (χ0v) is 17.7. The summed E-state index contributed by atoms with van der Waals surface area (Å²) in [6, 6.07) is 5.75. The number of rotatable bonds is 4. The molecule has 0 radical (unpaired) electrons. The molecule has 0 aliphatic heterocycles. The standard InChI is InChI=1S/C18H16BrN5O3S/c1-22-15-14(17(25)23(2)18(22)26)24(9-20-15)7-11-8-28-16(21-11)12-6-10(19)4-5-13(12)27-3/h4-6,8-9H,7H2,1-3H3. The van der Waals surface area contributed by atoms with Crippen molar-refractivity contribution in [3.63, 3.8) is 0 Å². The molecule has 0 bridgehead atoms. The van der Waals surface area contributed by atoms with Gasteiger partial charge in [0.15, 0.2) is 11.2 Å². The molecule has 0 atom stereocenters. The first-order valence-electron chi connectivity index (χ1n) is 8.30. The van der Waals surface area contributed by atoms with Crippen molar-refractivity contribution < 1.29 is 4.74 Å². The molecule has 4 rings (SSSR count). The monoisotopic (exact) mass is 461 g/mol. The number of hydrogen-bond acceptors (Lipinski definition) is 6. The van der Waals surface area contributed by atoms with Crippen LogP contribution < -0.4 is 16.0 Å². The summed E-state index contributed by atoms with van der Waals surface area (Å²) in [5.74, 6) is 0.737. The molecular weight excluding hydrogens is 446 g/mol. The minimum atomic E-state index is -0.402. The fraction of sp³-hybridized carbons (Fsp3) is 0.222. The molecular formula is C18H16BrN5O3S. The van der Waals surface area contributed by atoms with Crippen LogP contribution in [0.4, 0.5) is 0 Å². The molecule has 3 heterocycles. The van der Waals surface area contributed by atoms with Crippen molar-refractivity contribution in [2.45, 2.75) is 6.54 Å². The lowest BCUT2D eigenvalue weighted by molar-refractivity contribution is 0.416. The van der Waals surface area contributed by atoms with E-state index in [0.717, 1.165) is 31.1 Å². The third kappa shape index (κ3) is 2.98. The van der Waals surface area contributed by atoms with E-state index >= 15 is 0 Å². The fourth-order valence-corrected chi connectivity index (χ4v) is 4.23. The second-order valence-corrected chi connectivity index (χ2v) is 8.01. The summed E-state index contributed by atoms with van der Waals surface area (Å²) in [7, 11) is 4.68. The normalized spacial score (nSPS) is 11.3. The van der Waals surface area contributed by atoms with Crippen molar-refractivity contribution in [3.05, 3.63) is 60.9 Å². The number of methoxy groups -OCH3 is 1. The van der Waals surface area contributed by atoms with E-state index in [1.807, 2.05) is 23.6 Å². The van der Waals surface area contributed by atoms with Gasteiger partial charge in [-0.1, -0.05) is 15.9 Å². The van der Waals surface area contributed by atoms with Crippen LogP contribution in [-0.4, -0.2) is 30.8 Å². The van der Waals surface area contributed by atoms with Gasteiger partial charge in [-0.25, -0.2) is 14.8 Å². The second kappa shape index (κ2) is 7.02. The van der Waals surface area contributed by atoms with Crippen molar-refractivity contribution in [1.82, 2.24) is 23.7 Å². The number of halogens is 1. The van der Waals surface area contributed by atoms with Gasteiger partial charge in [-0.2, -0.15) is 0 Å². The molecule has 144 valence electrons. The Bertz CT molecular complexity index is 1320. The molecule has 0 fully saturated rings. The first kappa shape index (κ1) is 18.6. The van der Waals surface area contributed by atoms with Gasteiger partial charge in [0.1, 0.15) is 10.8 Å². The summed E-state index contributed by atoms with van der Waals surface area (Å²) in [5.41, 5.74) is 1.63. The number of imidazole rings is 1. The van der Waals surface area contributed by atoms with E-state index in [4.69, 9.17) is 9.72 Å². The van der Waals surface area contributed by atoms with Gasteiger partial charge in [0.2, 0.25) is 0 Å². The molecule has 0 unspecified atom stereocenters. The number of benzene rings is 1. The highest BCUT2D eigenvalue weighted by Crippen LogP contribution is 2.34. The van der Waals surface area contributed by atoms with E-state index in [1.54, 1.807) is 25.1 Å². The lowest BCUT2D eigenvalue weighted by Crippen LogP contribution is -2.37. The quantitative estimate of drug-likeness (QED) is 0.465. The maximum absolute atomic E-state index is 12.6. The predicted molar refractivity (Wildman–Crippen MR) is 111 cm³/mol. The maximum Gasteiger partial charge on any atom is 0.332 e. The van der Waals surface area contributed by atoms with Crippen molar-refractivity contribution in [2.75, 3.05) is 7.11 Å². The highest BCUT2D eigenvalue weighted by molar-refractivity contribution is 9.10. The Morgan fingerprint density at radius 3 is 2.75 bits per heavy atom. The van der Waals surface area contributed by atoms with Gasteiger partial charge in [-0.3, -0.25) is 13.9 Å². The lowest BCUT2D eigenvalue weighted by Gasteiger charge is -2.06. The SMILES string of the molecule is COc1ccc(Br)cc1-c1nc(Cn2cnc3c2c(=O)n(C)c(=O)n3C)cs1. The van der Waals surface area contributed by atoms with Crippen molar-refractivity contribution in [3.8, 4) is 16.3 Å². The number of nitrogens with zero attached hydrogens (tertiary/aromatic N) is 5. The third-order valence-corrected chi connectivity index (χ3v) is 5.91. The Labute approximate surface area is 171 Å². The minimum absolute atomic E-state index is 0.359. The minimum Gasteiger partial charge on any atom is -0.496 e. The molecule has 0 spiro atoms.